The number of amides is 2. The van der Waals surface area contributed by atoms with Crippen LogP contribution in [0, 0.1) is 5.82 Å². The van der Waals surface area contributed by atoms with E-state index >= 15 is 0 Å². The lowest BCUT2D eigenvalue weighted by Gasteiger charge is -2.12. The third kappa shape index (κ3) is 5.68. The van der Waals surface area contributed by atoms with Gasteiger partial charge in [0.15, 0.2) is 5.17 Å². The number of amidine groups is 1. The van der Waals surface area contributed by atoms with E-state index in [9.17, 15) is 14.0 Å². The van der Waals surface area contributed by atoms with Crippen LogP contribution in [0.1, 0.15) is 0 Å². The summed E-state index contributed by atoms with van der Waals surface area (Å²) in [6.07, 6.45) is 4.42. The summed E-state index contributed by atoms with van der Waals surface area (Å²) in [5.74, 6) is -1.17. The van der Waals surface area contributed by atoms with Crippen LogP contribution >= 0.6 is 28.7 Å². The molecule has 0 spiro atoms. The van der Waals surface area contributed by atoms with Crippen molar-refractivity contribution in [1.29, 1.82) is 0 Å². The minimum absolute atomic E-state index is 0. The van der Waals surface area contributed by atoms with Gasteiger partial charge in [-0.3, -0.25) is 19.5 Å². The zero-order valence-corrected chi connectivity index (χ0v) is 15.8. The standard InChI is InChI=1S/C17H16FN3O2S.BrH/c1-3-9-19-17-21(10-4-2)16(23)14(24-17)11-15(22)20-13-7-5-12(18)6-8-13;/h3-8,11H,1-2,9-10H2,(H,20,22);1H/b14-11+,19-17?;. The first kappa shape index (κ1) is 20.9. The van der Waals surface area contributed by atoms with E-state index in [0.717, 1.165) is 11.8 Å². The van der Waals surface area contributed by atoms with Gasteiger partial charge < -0.3 is 5.32 Å². The molecule has 0 atom stereocenters. The highest BCUT2D eigenvalue weighted by Crippen LogP contribution is 2.30. The number of aliphatic imine (C=N–C) groups is 1. The molecule has 1 fully saturated rings. The van der Waals surface area contributed by atoms with E-state index in [-0.39, 0.29) is 27.8 Å². The second-order valence-electron chi connectivity index (χ2n) is 4.72. The van der Waals surface area contributed by atoms with Gasteiger partial charge in [0.05, 0.1) is 11.4 Å². The molecule has 1 aromatic carbocycles. The van der Waals surface area contributed by atoms with Crippen LogP contribution in [0.4, 0.5) is 10.1 Å². The number of carbonyl (C=O) groups excluding carboxylic acids is 2. The van der Waals surface area contributed by atoms with Crippen LogP contribution in [0.3, 0.4) is 0 Å². The monoisotopic (exact) mass is 425 g/mol. The average molecular weight is 426 g/mol. The van der Waals surface area contributed by atoms with Crippen molar-refractivity contribution in [3.8, 4) is 0 Å². The highest BCUT2D eigenvalue weighted by molar-refractivity contribution is 8.93. The van der Waals surface area contributed by atoms with Crippen molar-refractivity contribution in [3.05, 3.63) is 66.4 Å². The molecule has 0 unspecified atom stereocenters. The van der Waals surface area contributed by atoms with Crippen LogP contribution in [0.2, 0.25) is 0 Å². The first-order chi connectivity index (χ1) is 11.5. The largest absolute Gasteiger partial charge is 0.322 e. The van der Waals surface area contributed by atoms with E-state index < -0.39 is 11.7 Å². The zero-order valence-electron chi connectivity index (χ0n) is 13.3. The molecule has 25 heavy (non-hydrogen) atoms. The summed E-state index contributed by atoms with van der Waals surface area (Å²) in [5.41, 5.74) is 0.442. The van der Waals surface area contributed by atoms with Crippen molar-refractivity contribution >= 4 is 51.4 Å². The third-order valence-electron chi connectivity index (χ3n) is 2.93. The molecule has 5 nitrogen and oxygen atoms in total. The SMILES string of the molecule is Br.C=CCN=C1S/C(=C/C(=O)Nc2ccc(F)cc2)C(=O)N1CC=C. The molecule has 1 saturated heterocycles. The molecule has 1 N–H and O–H groups in total. The van der Waals surface area contributed by atoms with Crippen LogP contribution in [0.25, 0.3) is 0 Å². The molecule has 0 aliphatic carbocycles. The van der Waals surface area contributed by atoms with Gasteiger partial charge in [-0.05, 0) is 36.0 Å². The van der Waals surface area contributed by atoms with Crippen LogP contribution < -0.4 is 5.32 Å². The number of hydrogen-bond acceptors (Lipinski definition) is 4. The van der Waals surface area contributed by atoms with Gasteiger partial charge in [0.1, 0.15) is 5.82 Å². The van der Waals surface area contributed by atoms with Gasteiger partial charge >= 0.3 is 0 Å². The fraction of sp³-hybridized carbons (Fsp3) is 0.118. The predicted octanol–water partition coefficient (Wildman–Crippen LogP) is 3.53. The summed E-state index contributed by atoms with van der Waals surface area (Å²) in [6, 6.07) is 5.36. The summed E-state index contributed by atoms with van der Waals surface area (Å²) >= 11 is 1.12. The maximum absolute atomic E-state index is 12.9. The second-order valence-corrected chi connectivity index (χ2v) is 5.73. The van der Waals surface area contributed by atoms with Gasteiger partial charge in [0.25, 0.3) is 5.91 Å². The molecule has 0 bridgehead atoms. The molecule has 0 saturated carbocycles. The minimum atomic E-state index is -0.471. The van der Waals surface area contributed by atoms with E-state index in [1.807, 2.05) is 0 Å². The highest BCUT2D eigenvalue weighted by atomic mass is 79.9. The predicted molar refractivity (Wildman–Crippen MR) is 105 cm³/mol. The number of halogens is 2. The number of anilines is 1. The topological polar surface area (TPSA) is 61.8 Å². The van der Waals surface area contributed by atoms with Crippen molar-refractivity contribution in [2.24, 2.45) is 4.99 Å². The maximum Gasteiger partial charge on any atom is 0.267 e. The van der Waals surface area contributed by atoms with Crippen LogP contribution in [-0.2, 0) is 9.59 Å². The smallest absolute Gasteiger partial charge is 0.267 e. The Hall–Kier alpha value is -2.19. The quantitative estimate of drug-likeness (QED) is 0.559. The number of benzene rings is 1. The van der Waals surface area contributed by atoms with Gasteiger partial charge in [-0.1, -0.05) is 12.2 Å². The number of thioether (sulfide) groups is 1. The van der Waals surface area contributed by atoms with Gasteiger partial charge in [-0.2, -0.15) is 0 Å². The van der Waals surface area contributed by atoms with Crippen molar-refractivity contribution in [1.82, 2.24) is 4.90 Å². The van der Waals surface area contributed by atoms with Crippen LogP contribution in [0.15, 0.2) is 65.5 Å². The summed E-state index contributed by atoms with van der Waals surface area (Å²) in [6.45, 7) is 7.88. The highest BCUT2D eigenvalue weighted by Gasteiger charge is 2.32. The van der Waals surface area contributed by atoms with Crippen LogP contribution in [-0.4, -0.2) is 35.0 Å². The van der Waals surface area contributed by atoms with E-state index in [1.54, 1.807) is 12.2 Å². The number of rotatable bonds is 6. The van der Waals surface area contributed by atoms with Gasteiger partial charge in [-0.15, -0.1) is 30.1 Å². The molecule has 8 heteroatoms. The van der Waals surface area contributed by atoms with Crippen molar-refractivity contribution in [2.45, 2.75) is 0 Å². The lowest BCUT2D eigenvalue weighted by Crippen LogP contribution is -2.29. The molecular formula is C17H17BrFN3O2S. The summed E-state index contributed by atoms with van der Waals surface area (Å²) in [4.78, 5) is 30.4. The first-order valence-electron chi connectivity index (χ1n) is 7.09. The van der Waals surface area contributed by atoms with E-state index in [2.05, 4.69) is 23.5 Å². The molecule has 0 aromatic heterocycles. The lowest BCUT2D eigenvalue weighted by molar-refractivity contribution is -0.122. The Kier molecular flexibility index (Phi) is 8.30. The summed E-state index contributed by atoms with van der Waals surface area (Å²) in [7, 11) is 0. The molecule has 0 radical (unpaired) electrons. The molecule has 1 aromatic rings. The fourth-order valence-corrected chi connectivity index (χ4v) is 2.86. The minimum Gasteiger partial charge on any atom is -0.322 e. The van der Waals surface area contributed by atoms with E-state index in [0.29, 0.717) is 23.9 Å². The molecule has 2 amide bonds. The third-order valence-corrected chi connectivity index (χ3v) is 3.97. The molecule has 1 aliphatic heterocycles. The Morgan fingerprint density at radius 3 is 2.56 bits per heavy atom. The molecule has 2 rings (SSSR count). The van der Waals surface area contributed by atoms with Crippen molar-refractivity contribution in [3.63, 3.8) is 0 Å². The molecule has 132 valence electrons. The Morgan fingerprint density at radius 2 is 1.96 bits per heavy atom. The Morgan fingerprint density at radius 1 is 1.28 bits per heavy atom. The Balaban J connectivity index is 0.00000312. The maximum atomic E-state index is 12.9. The first-order valence-corrected chi connectivity index (χ1v) is 7.91. The second kappa shape index (κ2) is 9.95. The van der Waals surface area contributed by atoms with Gasteiger partial charge in [0.2, 0.25) is 5.91 Å². The molecular weight excluding hydrogens is 409 g/mol. The average Bonchev–Trinajstić information content (AvgIpc) is 2.84. The summed E-state index contributed by atoms with van der Waals surface area (Å²) < 4.78 is 12.9. The normalized spacial score (nSPS) is 16.7. The Bertz CT molecular complexity index is 732. The van der Waals surface area contributed by atoms with Gasteiger partial charge in [0, 0.05) is 18.3 Å². The van der Waals surface area contributed by atoms with Crippen molar-refractivity contribution in [2.75, 3.05) is 18.4 Å². The zero-order chi connectivity index (χ0) is 17.5. The number of hydrogen-bond donors (Lipinski definition) is 1. The Labute approximate surface area is 160 Å². The number of nitrogens with one attached hydrogen (secondary N) is 1. The van der Waals surface area contributed by atoms with Crippen LogP contribution in [0.5, 0.6) is 0 Å². The van der Waals surface area contributed by atoms with E-state index in [1.165, 1.54) is 35.2 Å². The lowest BCUT2D eigenvalue weighted by atomic mass is 10.3. The molecule has 1 heterocycles. The van der Waals surface area contributed by atoms with Gasteiger partial charge in [-0.25, -0.2) is 4.39 Å². The number of carbonyl (C=O) groups is 2. The molecule has 1 aliphatic rings. The fourth-order valence-electron chi connectivity index (χ4n) is 1.89. The van der Waals surface area contributed by atoms with E-state index in [4.69, 9.17) is 0 Å². The van der Waals surface area contributed by atoms with Crippen molar-refractivity contribution < 1.29 is 14.0 Å². The number of nitrogens with zero attached hydrogens (tertiary/aromatic N) is 2. The summed E-state index contributed by atoms with van der Waals surface area (Å²) in [5, 5.41) is 3.08.